The predicted octanol–water partition coefficient (Wildman–Crippen LogP) is 2.84. The number of hydrogen-bond acceptors (Lipinski definition) is 9. The number of aryl methyl sites for hydroxylation is 1. The molecule has 1 amide bonds. The van der Waals surface area contributed by atoms with E-state index in [9.17, 15) is 13.2 Å². The van der Waals surface area contributed by atoms with Crippen molar-refractivity contribution in [3.05, 3.63) is 29.3 Å². The molecule has 39 heavy (non-hydrogen) atoms. The third-order valence-electron chi connectivity index (χ3n) is 8.75. The maximum absolute atomic E-state index is 13.4. The number of hydrogen-bond donors (Lipinski definition) is 0. The van der Waals surface area contributed by atoms with Gasteiger partial charge in [0.2, 0.25) is 5.91 Å². The predicted molar refractivity (Wildman–Crippen MR) is 150 cm³/mol. The van der Waals surface area contributed by atoms with Crippen LogP contribution in [0.2, 0.25) is 5.15 Å². The zero-order valence-corrected chi connectivity index (χ0v) is 24.6. The zero-order chi connectivity index (χ0) is 28.1. The lowest BCUT2D eigenvalue weighted by atomic mass is 9.87. The molecule has 2 saturated heterocycles. The molecule has 11 nitrogen and oxygen atoms in total. The second-order valence-electron chi connectivity index (χ2n) is 11.9. The molecular formula is C26H33ClN8O3S. The summed E-state index contributed by atoms with van der Waals surface area (Å²) in [4.78, 5) is 33.6. The molecule has 3 aliphatic rings. The van der Waals surface area contributed by atoms with Crippen molar-refractivity contribution in [2.45, 2.75) is 63.3 Å². The van der Waals surface area contributed by atoms with Gasteiger partial charge in [-0.05, 0) is 33.3 Å². The van der Waals surface area contributed by atoms with Crippen LogP contribution in [-0.2, 0) is 27.1 Å². The van der Waals surface area contributed by atoms with Gasteiger partial charge in [0.25, 0.3) is 0 Å². The number of carbonyl (C=O) groups is 1. The highest BCUT2D eigenvalue weighted by molar-refractivity contribution is 7.95. The highest BCUT2D eigenvalue weighted by Crippen LogP contribution is 2.47. The molecule has 0 radical (unpaired) electrons. The molecule has 13 heteroatoms. The summed E-state index contributed by atoms with van der Waals surface area (Å²) in [6.45, 7) is 11.6. The number of anilines is 3. The zero-order valence-electron chi connectivity index (χ0n) is 23.0. The van der Waals surface area contributed by atoms with E-state index < -0.39 is 14.6 Å². The van der Waals surface area contributed by atoms with Gasteiger partial charge < -0.3 is 14.7 Å². The second kappa shape index (κ2) is 8.50. The number of aromatic nitrogens is 5. The summed E-state index contributed by atoms with van der Waals surface area (Å²) in [5.74, 6) is 2.15. The molecular weight excluding hydrogens is 540 g/mol. The van der Waals surface area contributed by atoms with Crippen LogP contribution >= 0.6 is 11.6 Å². The minimum Gasteiger partial charge on any atom is -0.350 e. The van der Waals surface area contributed by atoms with E-state index in [1.807, 2.05) is 20.0 Å². The maximum atomic E-state index is 13.4. The van der Waals surface area contributed by atoms with Crippen molar-refractivity contribution in [2.24, 2.45) is 7.05 Å². The SMILES string of the molecule is C[C@@H]1CN(c2ncnc3c2C(C)(C)CN3c2cc3c(Cl)nn(C)c3cn2)[C@@H](C)CN1C(=O)C1(C)CCS1(=O)=O. The van der Waals surface area contributed by atoms with Gasteiger partial charge in [0.15, 0.2) is 15.0 Å². The first-order valence-corrected chi connectivity index (χ1v) is 15.2. The van der Waals surface area contributed by atoms with Crippen molar-refractivity contribution in [3.8, 4) is 0 Å². The average molecular weight is 573 g/mol. The molecule has 0 bridgehead atoms. The Morgan fingerprint density at radius 3 is 2.46 bits per heavy atom. The van der Waals surface area contributed by atoms with Crippen LogP contribution in [0.25, 0.3) is 10.9 Å². The first-order chi connectivity index (χ1) is 18.2. The molecule has 0 N–H and O–H groups in total. The number of halogens is 1. The topological polar surface area (TPSA) is 117 Å². The molecule has 0 spiro atoms. The summed E-state index contributed by atoms with van der Waals surface area (Å²) in [5.41, 5.74) is 1.59. The number of carbonyl (C=O) groups excluding carboxylic acids is 1. The molecule has 3 aromatic heterocycles. The molecule has 6 rings (SSSR count). The first-order valence-electron chi connectivity index (χ1n) is 13.2. The monoisotopic (exact) mass is 572 g/mol. The lowest BCUT2D eigenvalue weighted by Gasteiger charge is -2.49. The number of rotatable bonds is 3. The molecule has 0 aromatic carbocycles. The van der Waals surface area contributed by atoms with E-state index in [1.54, 1.807) is 29.0 Å². The van der Waals surface area contributed by atoms with Gasteiger partial charge in [-0.2, -0.15) is 5.10 Å². The van der Waals surface area contributed by atoms with E-state index in [0.717, 1.165) is 33.9 Å². The van der Waals surface area contributed by atoms with Crippen LogP contribution in [0.15, 0.2) is 18.6 Å². The highest BCUT2D eigenvalue weighted by Gasteiger charge is 2.57. The van der Waals surface area contributed by atoms with Crippen molar-refractivity contribution in [1.82, 2.24) is 29.6 Å². The lowest BCUT2D eigenvalue weighted by Crippen LogP contribution is -2.66. The number of piperazine rings is 1. The number of pyridine rings is 1. The van der Waals surface area contributed by atoms with Crippen LogP contribution in [0.1, 0.15) is 46.6 Å². The summed E-state index contributed by atoms with van der Waals surface area (Å²) < 4.78 is 25.3. The smallest absolute Gasteiger partial charge is 0.244 e. The van der Waals surface area contributed by atoms with Gasteiger partial charge in [0.1, 0.15) is 28.5 Å². The Morgan fingerprint density at radius 1 is 1.08 bits per heavy atom. The normalized spacial score (nSPS) is 27.5. The van der Waals surface area contributed by atoms with Crippen molar-refractivity contribution >= 4 is 55.7 Å². The highest BCUT2D eigenvalue weighted by atomic mass is 35.5. The van der Waals surface area contributed by atoms with Crippen molar-refractivity contribution in [2.75, 3.05) is 35.2 Å². The van der Waals surface area contributed by atoms with Gasteiger partial charge in [0.05, 0.1) is 17.5 Å². The molecule has 6 heterocycles. The minimum atomic E-state index is -3.40. The van der Waals surface area contributed by atoms with E-state index >= 15 is 0 Å². The number of fused-ring (bicyclic) bond motifs is 2. The molecule has 2 fully saturated rings. The van der Waals surface area contributed by atoms with Gasteiger partial charge in [-0.25, -0.2) is 23.4 Å². The standard InChI is InChI=1S/C26H33ClN8O3S/c1-15-12-34(24(36)26(5)7-8-39(26,37)38)16(2)11-33(15)22-20-23(30-14-29-22)35(13-25(20,3)4)19-9-17-18(10-28-19)32(6)31-21(17)27/h9-10,14-16H,7-8,11-13H2,1-6H3/t15-,16+,26?/m0/s1. The fourth-order valence-corrected chi connectivity index (χ4v) is 8.00. The van der Waals surface area contributed by atoms with Crippen LogP contribution in [0, 0.1) is 0 Å². The van der Waals surface area contributed by atoms with E-state index in [4.69, 9.17) is 26.6 Å². The van der Waals surface area contributed by atoms with E-state index in [1.165, 1.54) is 0 Å². The summed E-state index contributed by atoms with van der Waals surface area (Å²) in [6.07, 6.45) is 3.73. The van der Waals surface area contributed by atoms with Gasteiger partial charge in [-0.1, -0.05) is 25.4 Å². The van der Waals surface area contributed by atoms with Crippen LogP contribution < -0.4 is 9.80 Å². The fourth-order valence-electron chi connectivity index (χ4n) is 6.20. The van der Waals surface area contributed by atoms with Crippen molar-refractivity contribution < 1.29 is 13.2 Å². The Hall–Kier alpha value is -2.99. The van der Waals surface area contributed by atoms with Gasteiger partial charge in [-0.3, -0.25) is 9.48 Å². The van der Waals surface area contributed by atoms with Crippen LogP contribution in [0.4, 0.5) is 17.5 Å². The maximum Gasteiger partial charge on any atom is 0.244 e. The van der Waals surface area contributed by atoms with Gasteiger partial charge >= 0.3 is 0 Å². The molecule has 0 saturated carbocycles. The van der Waals surface area contributed by atoms with E-state index in [-0.39, 0.29) is 29.2 Å². The molecule has 3 atom stereocenters. The summed E-state index contributed by atoms with van der Waals surface area (Å²) in [6, 6.07) is 1.70. The van der Waals surface area contributed by atoms with Crippen molar-refractivity contribution in [3.63, 3.8) is 0 Å². The quantitative estimate of drug-likeness (QED) is 0.467. The Kier molecular flexibility index (Phi) is 5.72. The molecule has 0 aliphatic carbocycles. The molecule has 3 aromatic rings. The lowest BCUT2D eigenvalue weighted by molar-refractivity contribution is -0.137. The fraction of sp³-hybridized carbons (Fsp3) is 0.577. The molecule has 208 valence electrons. The van der Waals surface area contributed by atoms with Crippen LogP contribution in [0.5, 0.6) is 0 Å². The largest absolute Gasteiger partial charge is 0.350 e. The Balaban J connectivity index is 1.34. The van der Waals surface area contributed by atoms with Gasteiger partial charge in [0, 0.05) is 55.1 Å². The number of nitrogens with zero attached hydrogens (tertiary/aromatic N) is 8. The summed E-state index contributed by atoms with van der Waals surface area (Å²) >= 11 is 6.39. The van der Waals surface area contributed by atoms with E-state index in [2.05, 4.69) is 35.7 Å². The molecule has 3 aliphatic heterocycles. The van der Waals surface area contributed by atoms with Crippen LogP contribution in [-0.4, -0.2) is 86.2 Å². The third kappa shape index (κ3) is 3.74. The summed E-state index contributed by atoms with van der Waals surface area (Å²) in [7, 11) is -1.56. The van der Waals surface area contributed by atoms with Gasteiger partial charge in [-0.15, -0.1) is 0 Å². The van der Waals surface area contributed by atoms with Crippen molar-refractivity contribution in [1.29, 1.82) is 0 Å². The van der Waals surface area contributed by atoms with E-state index in [0.29, 0.717) is 31.2 Å². The Labute approximate surface area is 233 Å². The number of sulfone groups is 1. The second-order valence-corrected chi connectivity index (χ2v) is 14.8. The summed E-state index contributed by atoms with van der Waals surface area (Å²) in [5, 5.41) is 5.56. The average Bonchev–Trinajstić information content (AvgIpc) is 3.34. The molecule has 1 unspecified atom stereocenters. The Morgan fingerprint density at radius 2 is 1.79 bits per heavy atom. The van der Waals surface area contributed by atoms with Crippen LogP contribution in [0.3, 0.4) is 0 Å². The first kappa shape index (κ1) is 26.2. The number of amides is 1. The minimum absolute atomic E-state index is 0.0657. The Bertz CT molecular complexity index is 1620. The third-order valence-corrected chi connectivity index (χ3v) is 11.5.